The van der Waals surface area contributed by atoms with Crippen LogP contribution in [0.3, 0.4) is 0 Å². The molecule has 8 heteroatoms. The Balaban J connectivity index is 2.42. The van der Waals surface area contributed by atoms with Gasteiger partial charge in [0.05, 0.1) is 11.0 Å². The topological polar surface area (TPSA) is 72.6 Å². The maximum atomic E-state index is 13.6. The molecule has 2 rings (SSSR count). The van der Waals surface area contributed by atoms with Gasteiger partial charge in [-0.15, -0.1) is 0 Å². The molecule has 0 saturated heterocycles. The molecule has 1 N–H and O–H groups in total. The molecule has 1 aromatic heterocycles. The number of ether oxygens (including phenoxy) is 1. The van der Waals surface area contributed by atoms with E-state index in [0.29, 0.717) is 9.35 Å². The quantitative estimate of drug-likeness (QED) is 0.646. The van der Waals surface area contributed by atoms with E-state index in [9.17, 15) is 19.6 Å². The van der Waals surface area contributed by atoms with Gasteiger partial charge in [-0.2, -0.15) is 0 Å². The zero-order valence-corrected chi connectivity index (χ0v) is 12.6. The lowest BCUT2D eigenvalue weighted by atomic mass is 10.3. The zero-order valence-electron chi connectivity index (χ0n) is 10.2. The number of nitrogens with zero attached hydrogens (tertiary/aromatic N) is 1. The van der Waals surface area contributed by atoms with E-state index in [1.54, 1.807) is 0 Å². The summed E-state index contributed by atoms with van der Waals surface area (Å²) in [6.45, 7) is 1.49. The van der Waals surface area contributed by atoms with Gasteiger partial charge >= 0.3 is 5.69 Å². The average Bonchev–Trinajstić information content (AvgIpc) is 2.78. The predicted molar refractivity (Wildman–Crippen MR) is 75.8 cm³/mol. The fraction of sp³-hybridized carbons (Fsp3) is 0.167. The predicted octanol–water partition coefficient (Wildman–Crippen LogP) is 4.40. The Morgan fingerprint density at radius 3 is 2.80 bits per heavy atom. The molecule has 0 aliphatic heterocycles. The second kappa shape index (κ2) is 5.86. The first-order valence-corrected chi connectivity index (χ1v) is 7.08. The van der Waals surface area contributed by atoms with Gasteiger partial charge in [-0.1, -0.05) is 27.3 Å². The molecular weight excluding hydrogens is 353 g/mol. The largest absolute Gasteiger partial charge is 0.437 e. The fourth-order valence-corrected chi connectivity index (χ4v) is 2.71. The van der Waals surface area contributed by atoms with Crippen LogP contribution < -0.4 is 4.74 Å². The number of hydrogen-bond acceptors (Lipinski definition) is 5. The number of rotatable bonds is 4. The Morgan fingerprint density at radius 2 is 2.20 bits per heavy atom. The van der Waals surface area contributed by atoms with Crippen LogP contribution >= 0.6 is 27.3 Å². The highest BCUT2D eigenvalue weighted by molar-refractivity contribution is 9.10. The first-order chi connectivity index (χ1) is 9.38. The molecule has 0 saturated carbocycles. The third-order valence-corrected chi connectivity index (χ3v) is 4.07. The van der Waals surface area contributed by atoms with Crippen molar-refractivity contribution < 1.29 is 19.2 Å². The molecule has 106 valence electrons. The van der Waals surface area contributed by atoms with Gasteiger partial charge in [0.25, 0.3) is 5.06 Å². The van der Waals surface area contributed by atoms with Crippen molar-refractivity contribution >= 4 is 33.0 Å². The van der Waals surface area contributed by atoms with Crippen molar-refractivity contribution in [2.45, 2.75) is 13.0 Å². The SMILES string of the molecule is CC(O)c1cc([N+](=O)[O-])c(Oc2cc(Br)ccc2F)s1. The third-order valence-electron chi connectivity index (χ3n) is 2.40. The number of hydrogen-bond donors (Lipinski definition) is 1. The van der Waals surface area contributed by atoms with Crippen LogP contribution in [0.2, 0.25) is 0 Å². The molecule has 0 radical (unpaired) electrons. The monoisotopic (exact) mass is 361 g/mol. The summed E-state index contributed by atoms with van der Waals surface area (Å²) in [5.41, 5.74) is -0.301. The summed E-state index contributed by atoms with van der Waals surface area (Å²) in [5.74, 6) is -0.754. The summed E-state index contributed by atoms with van der Waals surface area (Å²) >= 11 is 4.08. The fourth-order valence-electron chi connectivity index (χ4n) is 1.44. The third kappa shape index (κ3) is 3.14. The lowest BCUT2D eigenvalue weighted by Gasteiger charge is -2.04. The summed E-state index contributed by atoms with van der Waals surface area (Å²) in [6, 6.07) is 5.28. The van der Waals surface area contributed by atoms with E-state index < -0.39 is 16.8 Å². The van der Waals surface area contributed by atoms with Crippen LogP contribution in [0.15, 0.2) is 28.7 Å². The Kier molecular flexibility index (Phi) is 4.36. The van der Waals surface area contributed by atoms with E-state index >= 15 is 0 Å². The molecule has 5 nitrogen and oxygen atoms in total. The number of aliphatic hydroxyl groups is 1. The van der Waals surface area contributed by atoms with Gasteiger partial charge in [0.2, 0.25) is 0 Å². The van der Waals surface area contributed by atoms with Gasteiger partial charge in [0.1, 0.15) is 0 Å². The maximum absolute atomic E-state index is 13.6. The Hall–Kier alpha value is -1.51. The highest BCUT2D eigenvalue weighted by Crippen LogP contribution is 2.42. The van der Waals surface area contributed by atoms with Crippen molar-refractivity contribution in [2.75, 3.05) is 0 Å². The van der Waals surface area contributed by atoms with E-state index in [1.165, 1.54) is 31.2 Å². The van der Waals surface area contributed by atoms with Crippen LogP contribution in [-0.2, 0) is 0 Å². The first kappa shape index (κ1) is 14.9. The molecular formula is C12H9BrFNO4S. The molecule has 0 fully saturated rings. The van der Waals surface area contributed by atoms with Gasteiger partial charge in [-0.25, -0.2) is 4.39 Å². The van der Waals surface area contributed by atoms with Gasteiger partial charge in [0.15, 0.2) is 11.6 Å². The van der Waals surface area contributed by atoms with Crippen molar-refractivity contribution in [1.29, 1.82) is 0 Å². The number of nitro groups is 1. The maximum Gasteiger partial charge on any atom is 0.323 e. The molecule has 0 aliphatic rings. The number of aliphatic hydroxyl groups excluding tert-OH is 1. The van der Waals surface area contributed by atoms with Crippen LogP contribution in [0.4, 0.5) is 10.1 Å². The highest BCUT2D eigenvalue weighted by atomic mass is 79.9. The lowest BCUT2D eigenvalue weighted by Crippen LogP contribution is -1.91. The molecule has 2 aromatic rings. The Morgan fingerprint density at radius 1 is 1.50 bits per heavy atom. The van der Waals surface area contributed by atoms with Gasteiger partial charge in [-0.3, -0.25) is 10.1 Å². The number of thiophene rings is 1. The standard InChI is InChI=1S/C12H9BrFNO4S/c1-6(16)11-5-9(15(17)18)12(20-11)19-10-4-7(13)2-3-8(10)14/h2-6,16H,1H3. The molecule has 0 bridgehead atoms. The van der Waals surface area contributed by atoms with E-state index in [-0.39, 0.29) is 16.5 Å². The minimum atomic E-state index is -0.858. The molecule has 1 heterocycles. The minimum Gasteiger partial charge on any atom is -0.437 e. The van der Waals surface area contributed by atoms with E-state index in [2.05, 4.69) is 15.9 Å². The summed E-state index contributed by atoms with van der Waals surface area (Å²) in [4.78, 5) is 10.7. The first-order valence-electron chi connectivity index (χ1n) is 5.47. The lowest BCUT2D eigenvalue weighted by molar-refractivity contribution is -0.385. The molecule has 0 aliphatic carbocycles. The van der Waals surface area contributed by atoms with E-state index in [4.69, 9.17) is 4.74 Å². The molecule has 20 heavy (non-hydrogen) atoms. The Bertz CT molecular complexity index is 659. The number of halogens is 2. The number of benzene rings is 1. The van der Waals surface area contributed by atoms with E-state index in [1.807, 2.05) is 0 Å². The van der Waals surface area contributed by atoms with Crippen molar-refractivity contribution in [3.8, 4) is 10.8 Å². The van der Waals surface area contributed by atoms with Crippen molar-refractivity contribution in [3.05, 3.63) is 49.5 Å². The molecule has 1 atom stereocenters. The van der Waals surface area contributed by atoms with Crippen LogP contribution in [-0.4, -0.2) is 10.0 Å². The van der Waals surface area contributed by atoms with Gasteiger partial charge in [0, 0.05) is 15.4 Å². The second-order valence-electron chi connectivity index (χ2n) is 3.93. The van der Waals surface area contributed by atoms with Crippen molar-refractivity contribution in [2.24, 2.45) is 0 Å². The average molecular weight is 362 g/mol. The van der Waals surface area contributed by atoms with Crippen LogP contribution in [0.5, 0.6) is 10.8 Å². The van der Waals surface area contributed by atoms with Crippen LogP contribution in [0, 0.1) is 15.9 Å². The summed E-state index contributed by atoms with van der Waals surface area (Å²) in [6.07, 6.45) is -0.858. The molecule has 0 spiro atoms. The minimum absolute atomic E-state index is 0.0668. The normalized spacial score (nSPS) is 12.2. The smallest absolute Gasteiger partial charge is 0.323 e. The summed E-state index contributed by atoms with van der Waals surface area (Å²) in [7, 11) is 0. The van der Waals surface area contributed by atoms with Crippen LogP contribution in [0.25, 0.3) is 0 Å². The van der Waals surface area contributed by atoms with Crippen molar-refractivity contribution in [3.63, 3.8) is 0 Å². The Labute approximate surface area is 125 Å². The second-order valence-corrected chi connectivity index (χ2v) is 5.89. The summed E-state index contributed by atoms with van der Waals surface area (Å²) in [5, 5.41) is 20.3. The van der Waals surface area contributed by atoms with Crippen LogP contribution in [0.1, 0.15) is 17.9 Å². The van der Waals surface area contributed by atoms with Gasteiger partial charge < -0.3 is 9.84 Å². The molecule has 0 amide bonds. The van der Waals surface area contributed by atoms with E-state index in [0.717, 1.165) is 11.3 Å². The molecule has 1 aromatic carbocycles. The van der Waals surface area contributed by atoms with Crippen molar-refractivity contribution in [1.82, 2.24) is 0 Å². The van der Waals surface area contributed by atoms with Gasteiger partial charge in [-0.05, 0) is 25.1 Å². The zero-order chi connectivity index (χ0) is 14.9. The summed E-state index contributed by atoms with van der Waals surface area (Å²) < 4.78 is 19.5. The highest BCUT2D eigenvalue weighted by Gasteiger charge is 2.23. The molecule has 1 unspecified atom stereocenters.